The lowest BCUT2D eigenvalue weighted by molar-refractivity contribution is -0.0199. The van der Waals surface area contributed by atoms with Gasteiger partial charge < -0.3 is 9.64 Å². The van der Waals surface area contributed by atoms with Gasteiger partial charge in [-0.05, 0) is 52.2 Å². The van der Waals surface area contributed by atoms with Gasteiger partial charge in [-0.15, -0.1) is 12.4 Å². The molecule has 0 saturated carbocycles. The zero-order valence-corrected chi connectivity index (χ0v) is 10.6. The van der Waals surface area contributed by atoms with Gasteiger partial charge in [-0.1, -0.05) is 0 Å². The SMILES string of the molecule is CN1CCC(CC2(C)NCCO2)CC1.Cl. The molecule has 1 atom stereocenters. The summed E-state index contributed by atoms with van der Waals surface area (Å²) < 4.78 is 5.75. The number of ether oxygens (including phenoxy) is 1. The van der Waals surface area contributed by atoms with Crippen molar-refractivity contribution < 1.29 is 4.74 Å². The van der Waals surface area contributed by atoms with Crippen LogP contribution in [-0.4, -0.2) is 43.9 Å². The molecule has 2 heterocycles. The number of rotatable bonds is 2. The molecule has 0 radical (unpaired) electrons. The summed E-state index contributed by atoms with van der Waals surface area (Å²) in [4.78, 5) is 2.42. The Balaban J connectivity index is 0.00000112. The van der Waals surface area contributed by atoms with Crippen LogP contribution in [0.5, 0.6) is 0 Å². The molecule has 0 spiro atoms. The van der Waals surface area contributed by atoms with Crippen LogP contribution in [0.3, 0.4) is 0 Å². The molecule has 2 saturated heterocycles. The van der Waals surface area contributed by atoms with E-state index in [1.165, 1.54) is 32.4 Å². The van der Waals surface area contributed by atoms with E-state index in [4.69, 9.17) is 4.74 Å². The van der Waals surface area contributed by atoms with Gasteiger partial charge in [-0.2, -0.15) is 0 Å². The second-order valence-electron chi connectivity index (χ2n) is 4.96. The number of hydrogen-bond acceptors (Lipinski definition) is 3. The lowest BCUT2D eigenvalue weighted by Gasteiger charge is -2.34. The maximum absolute atomic E-state index is 5.75. The number of nitrogens with zero attached hydrogens (tertiary/aromatic N) is 1. The molecule has 3 nitrogen and oxygen atoms in total. The molecule has 0 aromatic rings. The van der Waals surface area contributed by atoms with Crippen LogP contribution in [0.1, 0.15) is 26.2 Å². The second-order valence-corrected chi connectivity index (χ2v) is 4.96. The summed E-state index contributed by atoms with van der Waals surface area (Å²) in [6.07, 6.45) is 3.84. The Kier molecular flexibility index (Phi) is 4.84. The third kappa shape index (κ3) is 3.59. The molecule has 2 aliphatic rings. The molecule has 15 heavy (non-hydrogen) atoms. The van der Waals surface area contributed by atoms with E-state index < -0.39 is 0 Å². The molecule has 0 bridgehead atoms. The lowest BCUT2D eigenvalue weighted by atomic mass is 9.89. The fourth-order valence-electron chi connectivity index (χ4n) is 2.59. The Hall–Kier alpha value is 0.170. The Morgan fingerprint density at radius 3 is 2.60 bits per heavy atom. The molecule has 1 unspecified atom stereocenters. The van der Waals surface area contributed by atoms with Crippen LogP contribution in [0.2, 0.25) is 0 Å². The highest BCUT2D eigenvalue weighted by atomic mass is 35.5. The van der Waals surface area contributed by atoms with Crippen molar-refractivity contribution in [2.45, 2.75) is 31.9 Å². The first kappa shape index (κ1) is 13.2. The summed E-state index contributed by atoms with van der Waals surface area (Å²) in [5.41, 5.74) is -0.0272. The maximum atomic E-state index is 5.75. The van der Waals surface area contributed by atoms with E-state index in [0.29, 0.717) is 0 Å². The van der Waals surface area contributed by atoms with Crippen molar-refractivity contribution in [2.24, 2.45) is 5.92 Å². The summed E-state index contributed by atoms with van der Waals surface area (Å²) >= 11 is 0. The van der Waals surface area contributed by atoms with E-state index in [9.17, 15) is 0 Å². The minimum absolute atomic E-state index is 0. The van der Waals surface area contributed by atoms with Gasteiger partial charge in [-0.25, -0.2) is 0 Å². The largest absolute Gasteiger partial charge is 0.360 e. The lowest BCUT2D eigenvalue weighted by Crippen LogP contribution is -2.42. The monoisotopic (exact) mass is 234 g/mol. The van der Waals surface area contributed by atoms with Crippen molar-refractivity contribution in [2.75, 3.05) is 33.3 Å². The standard InChI is InChI=1S/C11H22N2O.ClH/c1-11(12-5-8-14-11)9-10-3-6-13(2)7-4-10;/h10,12H,3-9H2,1-2H3;1H. The molecule has 2 aliphatic heterocycles. The van der Waals surface area contributed by atoms with Crippen molar-refractivity contribution >= 4 is 12.4 Å². The predicted octanol–water partition coefficient (Wildman–Crippen LogP) is 1.48. The highest BCUT2D eigenvalue weighted by Crippen LogP contribution is 2.28. The molecular formula is C11H23ClN2O. The second kappa shape index (κ2) is 5.48. The van der Waals surface area contributed by atoms with Gasteiger partial charge in [0.2, 0.25) is 0 Å². The van der Waals surface area contributed by atoms with E-state index in [0.717, 1.165) is 19.1 Å². The van der Waals surface area contributed by atoms with Gasteiger partial charge in [0, 0.05) is 6.54 Å². The number of hydrogen-bond donors (Lipinski definition) is 1. The van der Waals surface area contributed by atoms with E-state index >= 15 is 0 Å². The first-order valence-electron chi connectivity index (χ1n) is 5.75. The van der Waals surface area contributed by atoms with Crippen LogP contribution in [0.4, 0.5) is 0 Å². The fourth-order valence-corrected chi connectivity index (χ4v) is 2.59. The van der Waals surface area contributed by atoms with Crippen LogP contribution in [-0.2, 0) is 4.74 Å². The Morgan fingerprint density at radius 1 is 1.40 bits per heavy atom. The first-order valence-corrected chi connectivity index (χ1v) is 5.75. The smallest absolute Gasteiger partial charge is 0.116 e. The summed E-state index contributed by atoms with van der Waals surface area (Å²) in [6.45, 7) is 6.59. The molecular weight excluding hydrogens is 212 g/mol. The highest BCUT2D eigenvalue weighted by Gasteiger charge is 2.32. The van der Waals surface area contributed by atoms with Crippen LogP contribution in [0.25, 0.3) is 0 Å². The minimum atomic E-state index is -0.0272. The highest BCUT2D eigenvalue weighted by molar-refractivity contribution is 5.85. The van der Waals surface area contributed by atoms with Gasteiger partial charge in [0.1, 0.15) is 5.72 Å². The third-order valence-corrected chi connectivity index (χ3v) is 3.54. The molecule has 0 aromatic heterocycles. The van der Waals surface area contributed by atoms with Crippen LogP contribution >= 0.6 is 12.4 Å². The van der Waals surface area contributed by atoms with E-state index in [1.807, 2.05) is 0 Å². The molecule has 2 fully saturated rings. The zero-order chi connectivity index (χ0) is 10.0. The number of halogens is 1. The number of piperidine rings is 1. The molecule has 90 valence electrons. The average Bonchev–Trinajstić information content (AvgIpc) is 2.57. The van der Waals surface area contributed by atoms with Crippen LogP contribution in [0.15, 0.2) is 0 Å². The summed E-state index contributed by atoms with van der Waals surface area (Å²) in [5.74, 6) is 0.849. The number of nitrogens with one attached hydrogen (secondary N) is 1. The predicted molar refractivity (Wildman–Crippen MR) is 64.4 cm³/mol. The molecule has 0 aliphatic carbocycles. The van der Waals surface area contributed by atoms with E-state index in [1.54, 1.807) is 0 Å². The van der Waals surface area contributed by atoms with Crippen molar-refractivity contribution in [1.82, 2.24) is 10.2 Å². The number of likely N-dealkylation sites (tertiary alicyclic amines) is 1. The van der Waals surface area contributed by atoms with Gasteiger partial charge in [0.15, 0.2) is 0 Å². The third-order valence-electron chi connectivity index (χ3n) is 3.54. The molecule has 0 amide bonds. The van der Waals surface area contributed by atoms with Crippen molar-refractivity contribution in [3.63, 3.8) is 0 Å². The van der Waals surface area contributed by atoms with E-state index in [-0.39, 0.29) is 18.1 Å². The van der Waals surface area contributed by atoms with E-state index in [2.05, 4.69) is 24.2 Å². The average molecular weight is 235 g/mol. The molecule has 4 heteroatoms. The molecule has 2 rings (SSSR count). The quantitative estimate of drug-likeness (QED) is 0.784. The van der Waals surface area contributed by atoms with Crippen molar-refractivity contribution in [3.05, 3.63) is 0 Å². The van der Waals surface area contributed by atoms with Gasteiger partial charge >= 0.3 is 0 Å². The van der Waals surface area contributed by atoms with Crippen LogP contribution in [0, 0.1) is 5.92 Å². The van der Waals surface area contributed by atoms with Crippen molar-refractivity contribution in [3.8, 4) is 0 Å². The first-order chi connectivity index (χ1) is 6.68. The Bertz CT molecular complexity index is 187. The van der Waals surface area contributed by atoms with Gasteiger partial charge in [0.05, 0.1) is 6.61 Å². The Morgan fingerprint density at radius 2 is 2.07 bits per heavy atom. The fraction of sp³-hybridized carbons (Fsp3) is 1.00. The molecule has 1 N–H and O–H groups in total. The molecule has 0 aromatic carbocycles. The summed E-state index contributed by atoms with van der Waals surface area (Å²) in [5, 5.41) is 3.46. The minimum Gasteiger partial charge on any atom is -0.360 e. The van der Waals surface area contributed by atoms with Gasteiger partial charge in [0.25, 0.3) is 0 Å². The van der Waals surface area contributed by atoms with Gasteiger partial charge in [-0.3, -0.25) is 5.32 Å². The maximum Gasteiger partial charge on any atom is 0.116 e. The topological polar surface area (TPSA) is 24.5 Å². The zero-order valence-electron chi connectivity index (χ0n) is 9.79. The van der Waals surface area contributed by atoms with Crippen LogP contribution < -0.4 is 5.32 Å². The summed E-state index contributed by atoms with van der Waals surface area (Å²) in [6, 6.07) is 0. The summed E-state index contributed by atoms with van der Waals surface area (Å²) in [7, 11) is 2.21. The van der Waals surface area contributed by atoms with Crippen molar-refractivity contribution in [1.29, 1.82) is 0 Å². The Labute approximate surface area is 99.0 Å². The normalized spacial score (nSPS) is 34.0.